The number of aliphatic imine (C=N–C) groups is 1. The van der Waals surface area contributed by atoms with Gasteiger partial charge in [-0.15, -0.1) is 0 Å². The van der Waals surface area contributed by atoms with Gasteiger partial charge in [-0.25, -0.2) is 0 Å². The van der Waals surface area contributed by atoms with Crippen LogP contribution in [0.15, 0.2) is 29.3 Å². The minimum Gasteiger partial charge on any atom is -2.00 e. The van der Waals surface area contributed by atoms with E-state index < -0.39 is 0 Å². The minimum absolute atomic E-state index is 0. The van der Waals surface area contributed by atoms with Crippen molar-refractivity contribution in [2.24, 2.45) is 4.99 Å². The van der Waals surface area contributed by atoms with Gasteiger partial charge in [-0.2, -0.15) is 0 Å². The molecule has 3 N–H and O–H groups in total. The van der Waals surface area contributed by atoms with Crippen molar-refractivity contribution in [3.63, 3.8) is 0 Å². The van der Waals surface area contributed by atoms with Crippen molar-refractivity contribution in [2.45, 2.75) is 13.8 Å². The molecule has 0 spiro atoms. The van der Waals surface area contributed by atoms with Gasteiger partial charge in [0.2, 0.25) is 0 Å². The quantitative estimate of drug-likeness (QED) is 0.610. The average molecular weight is 306 g/mol. The number of para-hydroxylation sites is 1. The molecule has 19 heavy (non-hydrogen) atoms. The number of likely N-dealkylation sites (N-methyl/N-ethyl adjacent to an activating group) is 1. The van der Waals surface area contributed by atoms with Crippen LogP contribution in [0.25, 0.3) is 0 Å². The fourth-order valence-electron chi connectivity index (χ4n) is 1.33. The Labute approximate surface area is 125 Å². The third kappa shape index (κ3) is 9.66. The van der Waals surface area contributed by atoms with Crippen LogP contribution in [-0.2, 0) is 29.5 Å². The Hall–Kier alpha value is -0.886. The number of hydrogen-bond donors (Lipinski definition) is 1. The van der Waals surface area contributed by atoms with Crippen molar-refractivity contribution < 1.29 is 40.1 Å². The largest absolute Gasteiger partial charge is 2.00 e. The summed E-state index contributed by atoms with van der Waals surface area (Å²) in [6.07, 6.45) is 0. The van der Waals surface area contributed by atoms with Gasteiger partial charge in [0.05, 0.1) is 6.54 Å². The summed E-state index contributed by atoms with van der Waals surface area (Å²) in [5, 5.41) is 14.6. The van der Waals surface area contributed by atoms with Gasteiger partial charge in [-0.1, -0.05) is 36.9 Å². The van der Waals surface area contributed by atoms with Crippen LogP contribution in [0.4, 0.5) is 0 Å². The van der Waals surface area contributed by atoms with Crippen LogP contribution in [-0.4, -0.2) is 30.8 Å². The summed E-state index contributed by atoms with van der Waals surface area (Å²) in [4.78, 5) is 4.35. The molecule has 111 valence electrons. The molecule has 0 fully saturated rings. The second-order valence-corrected chi connectivity index (χ2v) is 3.32. The Kier molecular flexibility index (Phi) is 21.3. The summed E-state index contributed by atoms with van der Waals surface area (Å²) in [7, 11) is 0. The molecule has 0 heterocycles. The maximum atomic E-state index is 11.5. The van der Waals surface area contributed by atoms with Crippen LogP contribution < -0.4 is 10.4 Å². The number of rotatable bonds is 5. The van der Waals surface area contributed by atoms with E-state index in [9.17, 15) is 5.11 Å². The van der Waals surface area contributed by atoms with Crippen molar-refractivity contribution >= 4 is 5.71 Å². The van der Waals surface area contributed by atoms with Crippen LogP contribution in [0.3, 0.4) is 0 Å². The standard InChI is InChI=1S/C12H18N2O.H2O.2O.V/c1-3-13-8-9-14-10(2)11-6-4-5-7-12(11)15;;;;/h4-7,13,15H,3,8-9H2,1-2H3;1H2;;;/q;;2*-2;/p-1. The van der Waals surface area contributed by atoms with Crippen LogP contribution >= 0.6 is 0 Å². The molecule has 0 unspecified atom stereocenters. The van der Waals surface area contributed by atoms with E-state index in [0.29, 0.717) is 12.1 Å². The van der Waals surface area contributed by atoms with Gasteiger partial charge >= 0.3 is 0 Å². The van der Waals surface area contributed by atoms with Gasteiger partial charge in [0.25, 0.3) is 0 Å². The summed E-state index contributed by atoms with van der Waals surface area (Å²) in [6.45, 7) is 6.46. The molecule has 0 atom stereocenters. The zero-order valence-corrected chi connectivity index (χ0v) is 12.4. The van der Waals surface area contributed by atoms with E-state index in [4.69, 9.17) is 0 Å². The Balaban J connectivity index is -0.000000281. The first-order valence-corrected chi connectivity index (χ1v) is 5.24. The smallest absolute Gasteiger partial charge is 0.0517 e. The monoisotopic (exact) mass is 306 g/mol. The van der Waals surface area contributed by atoms with E-state index in [0.717, 1.165) is 18.8 Å². The summed E-state index contributed by atoms with van der Waals surface area (Å²) in [6, 6.07) is 6.99. The van der Waals surface area contributed by atoms with Crippen molar-refractivity contribution in [3.8, 4) is 5.75 Å². The molecule has 1 aromatic carbocycles. The zero-order valence-electron chi connectivity index (χ0n) is 11.0. The molecule has 0 aromatic heterocycles. The van der Waals surface area contributed by atoms with E-state index in [1.54, 1.807) is 12.1 Å². The molecule has 0 aliphatic heterocycles. The third-order valence-electron chi connectivity index (χ3n) is 2.16. The SMILES string of the molecule is CCNCCN=C(C)c1ccccc1[O-].O.[O-2].[O-2].[V]. The van der Waals surface area contributed by atoms with Crippen molar-refractivity contribution in [2.75, 3.05) is 19.6 Å². The first-order valence-electron chi connectivity index (χ1n) is 5.24. The van der Waals surface area contributed by atoms with E-state index in [1.165, 1.54) is 0 Å². The van der Waals surface area contributed by atoms with Gasteiger partial charge in [-0.05, 0) is 19.0 Å². The van der Waals surface area contributed by atoms with Crippen molar-refractivity contribution in [1.82, 2.24) is 5.32 Å². The topological polar surface area (TPSA) is 136 Å². The second kappa shape index (κ2) is 15.2. The van der Waals surface area contributed by atoms with Gasteiger partial charge in [0.15, 0.2) is 0 Å². The zero-order chi connectivity index (χ0) is 11.1. The molecule has 0 bridgehead atoms. The molecule has 7 heteroatoms. The van der Waals surface area contributed by atoms with Gasteiger partial charge in [0.1, 0.15) is 0 Å². The Bertz CT molecular complexity index is 348. The number of hydrogen-bond acceptors (Lipinski definition) is 3. The molecule has 0 aliphatic rings. The average Bonchev–Trinajstić information content (AvgIpc) is 2.25. The fraction of sp³-hybridized carbons (Fsp3) is 0.417. The number of nitrogens with one attached hydrogen (secondary N) is 1. The Morgan fingerprint density at radius 1 is 1.26 bits per heavy atom. The predicted octanol–water partition coefficient (Wildman–Crippen LogP) is 0.114. The first-order chi connectivity index (χ1) is 7.25. The van der Waals surface area contributed by atoms with Gasteiger partial charge in [-0.3, -0.25) is 4.99 Å². The van der Waals surface area contributed by atoms with Crippen LogP contribution in [0.5, 0.6) is 5.75 Å². The molecule has 0 saturated heterocycles. The summed E-state index contributed by atoms with van der Waals surface area (Å²) < 4.78 is 0. The molecule has 6 nitrogen and oxygen atoms in total. The molecule has 1 aromatic rings. The molecule has 1 rings (SSSR count). The van der Waals surface area contributed by atoms with Crippen LogP contribution in [0.1, 0.15) is 19.4 Å². The normalized spacial score (nSPS) is 9.26. The number of nitrogens with zero attached hydrogens (tertiary/aromatic N) is 1. The summed E-state index contributed by atoms with van der Waals surface area (Å²) >= 11 is 0. The van der Waals surface area contributed by atoms with Crippen LogP contribution in [0.2, 0.25) is 0 Å². The predicted molar refractivity (Wildman–Crippen MR) is 66.5 cm³/mol. The molecular formula is C12H19N2O4V-5. The Morgan fingerprint density at radius 3 is 2.37 bits per heavy atom. The van der Waals surface area contributed by atoms with E-state index >= 15 is 0 Å². The molecule has 0 saturated carbocycles. The van der Waals surface area contributed by atoms with Crippen LogP contribution in [0, 0.1) is 0 Å². The van der Waals surface area contributed by atoms with Crippen molar-refractivity contribution in [3.05, 3.63) is 29.8 Å². The third-order valence-corrected chi connectivity index (χ3v) is 2.16. The Morgan fingerprint density at radius 2 is 1.84 bits per heavy atom. The van der Waals surface area contributed by atoms with Gasteiger partial charge in [0, 0.05) is 30.8 Å². The number of benzene rings is 1. The molecule has 0 aliphatic carbocycles. The maximum absolute atomic E-state index is 11.5. The molecule has 1 radical (unpaired) electrons. The van der Waals surface area contributed by atoms with E-state index in [2.05, 4.69) is 17.2 Å². The fourth-order valence-corrected chi connectivity index (χ4v) is 1.33. The minimum atomic E-state index is 0. The van der Waals surface area contributed by atoms with Gasteiger partial charge < -0.3 is 26.9 Å². The molecule has 0 amide bonds. The van der Waals surface area contributed by atoms with Crippen molar-refractivity contribution in [1.29, 1.82) is 0 Å². The van der Waals surface area contributed by atoms with E-state index in [-0.39, 0.29) is 40.7 Å². The first kappa shape index (κ1) is 26.6. The van der Waals surface area contributed by atoms with E-state index in [1.807, 2.05) is 19.1 Å². The summed E-state index contributed by atoms with van der Waals surface area (Å²) in [5.74, 6) is 0.0437. The summed E-state index contributed by atoms with van der Waals surface area (Å²) in [5.41, 5.74) is 1.52. The maximum Gasteiger partial charge on any atom is 0.0517 e. The second-order valence-electron chi connectivity index (χ2n) is 3.32. The molecular weight excluding hydrogens is 287 g/mol.